The molecule has 0 unspecified atom stereocenters. The van der Waals surface area contributed by atoms with E-state index in [1.54, 1.807) is 0 Å². The predicted molar refractivity (Wildman–Crippen MR) is 279 cm³/mol. The van der Waals surface area contributed by atoms with Crippen LogP contribution < -0.4 is 9.80 Å². The quantitative estimate of drug-likeness (QED) is 0.106. The first kappa shape index (κ1) is 47.5. The van der Waals surface area contributed by atoms with Crippen LogP contribution >= 0.6 is 23.2 Å². The van der Waals surface area contributed by atoms with Gasteiger partial charge in [0.05, 0.1) is 11.0 Å². The average molecular weight is 931 g/mol. The molecule has 0 amide bonds. The molecule has 0 saturated carbocycles. The van der Waals surface area contributed by atoms with Gasteiger partial charge in [0.1, 0.15) is 0 Å². The van der Waals surface area contributed by atoms with Gasteiger partial charge in [-0.25, -0.2) is 0 Å². The summed E-state index contributed by atoms with van der Waals surface area (Å²) in [6.45, 7) is 12.2. The maximum absolute atomic E-state index is 6.18. The highest BCUT2D eigenvalue weighted by Gasteiger charge is 2.26. The fourth-order valence-corrected chi connectivity index (χ4v) is 9.72. The zero-order chi connectivity index (χ0) is 44.9. The fraction of sp³-hybridized carbons (Fsp3) is 0.286. The van der Waals surface area contributed by atoms with E-state index >= 15 is 0 Å². The molecule has 344 valence electrons. The molecule has 2 aliphatic rings. The molecule has 6 heterocycles. The number of halogens is 2. The Morgan fingerprint density at radius 3 is 1.40 bits per heavy atom. The van der Waals surface area contributed by atoms with Crippen LogP contribution in [-0.2, 0) is 26.2 Å². The molecule has 8 aromatic rings. The fourth-order valence-electron chi connectivity index (χ4n) is 9.39. The van der Waals surface area contributed by atoms with Gasteiger partial charge >= 0.3 is 0 Å². The van der Waals surface area contributed by atoms with Crippen LogP contribution in [0.15, 0.2) is 171 Å². The highest BCUT2D eigenvalue weighted by molar-refractivity contribution is 6.31. The van der Waals surface area contributed by atoms with E-state index in [1.165, 1.54) is 44.4 Å². The van der Waals surface area contributed by atoms with E-state index < -0.39 is 0 Å². The Labute approximate surface area is 406 Å². The molecule has 9 nitrogen and oxygen atoms in total. The van der Waals surface area contributed by atoms with E-state index in [0.717, 1.165) is 112 Å². The Morgan fingerprint density at radius 2 is 0.925 bits per heavy atom. The van der Waals surface area contributed by atoms with Crippen LogP contribution in [0.2, 0.25) is 10.0 Å². The number of anilines is 2. The Balaban J connectivity index is 0.000000179. The van der Waals surface area contributed by atoms with E-state index in [1.807, 2.05) is 61.4 Å². The minimum absolute atomic E-state index is 0. The third kappa shape index (κ3) is 12.9. The molecule has 0 spiro atoms. The number of piperazine rings is 1. The lowest BCUT2D eigenvalue weighted by atomic mass is 10.00. The zero-order valence-corrected chi connectivity index (χ0v) is 38.9. The van der Waals surface area contributed by atoms with E-state index in [2.05, 4.69) is 154 Å². The van der Waals surface area contributed by atoms with Crippen molar-refractivity contribution >= 4 is 56.4 Å². The Morgan fingerprint density at radius 1 is 0.478 bits per heavy atom. The third-order valence-corrected chi connectivity index (χ3v) is 13.4. The van der Waals surface area contributed by atoms with Gasteiger partial charge in [-0.2, -0.15) is 0 Å². The summed E-state index contributed by atoms with van der Waals surface area (Å²) in [6.07, 6.45) is 13.5. The summed E-state index contributed by atoms with van der Waals surface area (Å²) in [5.74, 6) is 0. The molecule has 4 aromatic carbocycles. The van der Waals surface area contributed by atoms with Crippen molar-refractivity contribution in [3.05, 3.63) is 203 Å². The lowest BCUT2D eigenvalue weighted by Crippen LogP contribution is -2.48. The number of hydrogen-bond donors (Lipinski definition) is 0. The molecule has 2 fully saturated rings. The van der Waals surface area contributed by atoms with Gasteiger partial charge in [0.2, 0.25) is 0 Å². The van der Waals surface area contributed by atoms with E-state index in [9.17, 15) is 0 Å². The van der Waals surface area contributed by atoms with Crippen LogP contribution in [0.1, 0.15) is 42.5 Å². The molecule has 4 aromatic heterocycles. The van der Waals surface area contributed by atoms with Crippen molar-refractivity contribution in [3.8, 4) is 0 Å². The second-order valence-electron chi connectivity index (χ2n) is 17.3. The Bertz CT molecular complexity index is 2650. The minimum atomic E-state index is 0. The van der Waals surface area contributed by atoms with Gasteiger partial charge in [-0.1, -0.05) is 91.3 Å². The van der Waals surface area contributed by atoms with Crippen molar-refractivity contribution in [1.29, 1.82) is 0 Å². The normalized spacial score (nSPS) is 14.6. The molecule has 0 bridgehead atoms. The van der Waals surface area contributed by atoms with E-state index in [4.69, 9.17) is 23.2 Å². The molecule has 0 radical (unpaired) electrons. The highest BCUT2D eigenvalue weighted by atomic mass is 35.5. The summed E-state index contributed by atoms with van der Waals surface area (Å²) in [5.41, 5.74) is 9.76. The highest BCUT2D eigenvalue weighted by Crippen LogP contribution is 2.32. The SMILES string of the molecule is C.Clc1ccc2c(N3CCC(N(Cc4ccncc4)Cc4ccncc4)CC3)ccnc2c1.Clc1ccc2c(N3CCN(CCN(Cc4ccccc4)Cc4ccccc4)CC3)ccnc2c1. The molecule has 0 aliphatic carbocycles. The van der Waals surface area contributed by atoms with E-state index in [-0.39, 0.29) is 7.43 Å². The number of piperidine rings is 1. The number of rotatable bonds is 14. The predicted octanol–water partition coefficient (Wildman–Crippen LogP) is 11.7. The second-order valence-corrected chi connectivity index (χ2v) is 18.2. The van der Waals surface area contributed by atoms with Crippen LogP contribution in [0.25, 0.3) is 21.8 Å². The lowest BCUT2D eigenvalue weighted by Gasteiger charge is -2.40. The van der Waals surface area contributed by atoms with Crippen LogP contribution in [0.4, 0.5) is 11.4 Å². The maximum atomic E-state index is 6.18. The Hall–Kier alpha value is -5.94. The summed E-state index contributed by atoms with van der Waals surface area (Å²) < 4.78 is 0. The number of fused-ring (bicyclic) bond motifs is 2. The molecule has 2 aliphatic heterocycles. The van der Waals surface area contributed by atoms with Crippen molar-refractivity contribution in [2.24, 2.45) is 0 Å². The van der Waals surface area contributed by atoms with Crippen LogP contribution in [0, 0.1) is 0 Å². The van der Waals surface area contributed by atoms with Crippen molar-refractivity contribution < 1.29 is 0 Å². The van der Waals surface area contributed by atoms with Crippen LogP contribution in [0.5, 0.6) is 0 Å². The molecule has 10 rings (SSSR count). The van der Waals surface area contributed by atoms with Crippen molar-refractivity contribution in [1.82, 2.24) is 34.6 Å². The van der Waals surface area contributed by atoms with Gasteiger partial charge in [0.25, 0.3) is 0 Å². The Kier molecular flexibility index (Phi) is 16.8. The summed E-state index contributed by atoms with van der Waals surface area (Å²) in [4.78, 5) is 30.1. The number of benzene rings is 4. The summed E-state index contributed by atoms with van der Waals surface area (Å²) >= 11 is 12.4. The maximum Gasteiger partial charge on any atom is 0.0737 e. The van der Waals surface area contributed by atoms with Crippen molar-refractivity contribution in [2.45, 2.75) is 52.5 Å². The number of nitrogens with zero attached hydrogens (tertiary/aromatic N) is 9. The monoisotopic (exact) mass is 929 g/mol. The van der Waals surface area contributed by atoms with Crippen molar-refractivity contribution in [3.63, 3.8) is 0 Å². The molecular formula is C56H61Cl2N9. The smallest absolute Gasteiger partial charge is 0.0737 e. The first-order valence-corrected chi connectivity index (χ1v) is 23.9. The van der Waals surface area contributed by atoms with Crippen LogP contribution in [0.3, 0.4) is 0 Å². The summed E-state index contributed by atoms with van der Waals surface area (Å²) in [7, 11) is 0. The molecule has 0 N–H and O–H groups in total. The lowest BCUT2D eigenvalue weighted by molar-refractivity contribution is 0.152. The van der Waals surface area contributed by atoms with Gasteiger partial charge in [-0.05, 0) is 108 Å². The number of hydrogen-bond acceptors (Lipinski definition) is 9. The van der Waals surface area contributed by atoms with Gasteiger partial charge < -0.3 is 9.80 Å². The molecule has 11 heteroatoms. The summed E-state index contributed by atoms with van der Waals surface area (Å²) in [6, 6.07) is 46.8. The van der Waals surface area contributed by atoms with Gasteiger partial charge in [0, 0.05) is 154 Å². The largest absolute Gasteiger partial charge is 0.371 e. The molecule has 67 heavy (non-hydrogen) atoms. The molecular weight excluding hydrogens is 870 g/mol. The summed E-state index contributed by atoms with van der Waals surface area (Å²) in [5, 5.41) is 3.80. The first-order valence-electron chi connectivity index (χ1n) is 23.1. The van der Waals surface area contributed by atoms with E-state index in [0.29, 0.717) is 6.04 Å². The topological polar surface area (TPSA) is 67.8 Å². The molecule has 0 atom stereocenters. The van der Waals surface area contributed by atoms with Crippen molar-refractivity contribution in [2.75, 3.05) is 62.2 Å². The minimum Gasteiger partial charge on any atom is -0.371 e. The van der Waals surface area contributed by atoms with Gasteiger partial charge in [-0.15, -0.1) is 0 Å². The average Bonchev–Trinajstić information content (AvgIpc) is 3.36. The van der Waals surface area contributed by atoms with Gasteiger partial charge in [0.15, 0.2) is 0 Å². The zero-order valence-electron chi connectivity index (χ0n) is 37.4. The third-order valence-electron chi connectivity index (χ3n) is 12.9. The molecule has 2 saturated heterocycles. The van der Waals surface area contributed by atoms with Crippen LogP contribution in [-0.4, -0.2) is 93.0 Å². The first-order chi connectivity index (χ1) is 32.5. The second kappa shape index (κ2) is 23.7. The van der Waals surface area contributed by atoms with Gasteiger partial charge in [-0.3, -0.25) is 34.6 Å². The number of aromatic nitrogens is 4. The number of pyridine rings is 4. The standard InChI is InChI=1S/C29H31ClN4.C26H26ClN5.CH4/c30-26-11-12-27-28(21-26)31-14-13-29(27)34-19-17-32(18-20-34)15-16-33(22-24-7-3-1-4-8-24)23-25-9-5-2-6-10-25;27-22-1-2-24-25(17-22)30-14-7-26(24)31-15-8-23(9-16-31)32(18-20-3-10-28-11-4-20)19-21-5-12-29-13-6-21;/h1-14,21H,15-20,22-23H2;1-7,10-14,17,23H,8-9,15-16,18-19H2;1H4.